The van der Waals surface area contributed by atoms with E-state index in [2.05, 4.69) is 10.3 Å². The zero-order chi connectivity index (χ0) is 20.2. The molecule has 1 N–H and O–H groups in total. The maximum Gasteiger partial charge on any atom is 0.244 e. The van der Waals surface area contributed by atoms with Crippen molar-refractivity contribution < 1.29 is 9.18 Å². The van der Waals surface area contributed by atoms with Crippen LogP contribution in [-0.2, 0) is 17.8 Å². The number of nitrogens with one attached hydrogen (secondary N) is 1. The van der Waals surface area contributed by atoms with E-state index in [1.54, 1.807) is 29.2 Å². The number of hydrogen-bond acceptors (Lipinski definition) is 4. The molecule has 150 valence electrons. The monoisotopic (exact) mass is 393 g/mol. The van der Waals surface area contributed by atoms with E-state index in [0.717, 1.165) is 42.0 Å². The van der Waals surface area contributed by atoms with Crippen molar-refractivity contribution in [1.29, 1.82) is 0 Å². The van der Waals surface area contributed by atoms with Gasteiger partial charge >= 0.3 is 0 Å². The molecule has 1 saturated heterocycles. The number of pyridine rings is 1. The first kappa shape index (κ1) is 19.3. The minimum atomic E-state index is -0.261. The van der Waals surface area contributed by atoms with Crippen molar-refractivity contribution in [2.24, 2.45) is 0 Å². The van der Waals surface area contributed by atoms with Crippen LogP contribution in [0.25, 0.3) is 11.3 Å². The highest BCUT2D eigenvalue weighted by Crippen LogP contribution is 2.21. The molecular formula is C22H24FN5O. The average molecular weight is 393 g/mol. The number of hydrogen-bond donors (Lipinski definition) is 1. The molecule has 1 fully saturated rings. The third kappa shape index (κ3) is 4.51. The molecule has 1 unspecified atom stereocenters. The zero-order valence-electron chi connectivity index (χ0n) is 16.4. The SMILES string of the molecule is CNC1CCN(C(=O)Cn2nc(-c3ccncc3)cc2Cc2ccc(F)cc2)C1. The first-order chi connectivity index (χ1) is 14.1. The van der Waals surface area contributed by atoms with Crippen LogP contribution in [0.5, 0.6) is 0 Å². The number of aromatic nitrogens is 3. The second kappa shape index (κ2) is 8.53. The number of carbonyl (C=O) groups is 1. The molecule has 0 radical (unpaired) electrons. The van der Waals surface area contributed by atoms with Gasteiger partial charge in [-0.2, -0.15) is 5.10 Å². The summed E-state index contributed by atoms with van der Waals surface area (Å²) >= 11 is 0. The van der Waals surface area contributed by atoms with Gasteiger partial charge in [-0.25, -0.2) is 4.39 Å². The summed E-state index contributed by atoms with van der Waals surface area (Å²) in [6.45, 7) is 1.68. The van der Waals surface area contributed by atoms with Crippen LogP contribution in [0.15, 0.2) is 54.9 Å². The predicted molar refractivity (Wildman–Crippen MR) is 109 cm³/mol. The standard InChI is InChI=1S/C22H24FN5O/c1-24-19-8-11-27(14-19)22(29)15-28-20(12-16-2-4-18(23)5-3-16)13-21(26-28)17-6-9-25-10-7-17/h2-7,9-10,13,19,24H,8,11-12,14-15H2,1H3. The summed E-state index contributed by atoms with van der Waals surface area (Å²) < 4.78 is 15.0. The van der Waals surface area contributed by atoms with Gasteiger partial charge in [-0.05, 0) is 49.4 Å². The third-order valence-corrected chi connectivity index (χ3v) is 5.37. The molecule has 1 aromatic carbocycles. The fraction of sp³-hybridized carbons (Fsp3) is 0.318. The molecule has 3 heterocycles. The predicted octanol–water partition coefficient (Wildman–Crippen LogP) is 2.50. The topological polar surface area (TPSA) is 63.1 Å². The molecule has 7 heteroatoms. The van der Waals surface area contributed by atoms with E-state index in [1.807, 2.05) is 30.1 Å². The normalized spacial score (nSPS) is 16.3. The van der Waals surface area contributed by atoms with Gasteiger partial charge in [0.25, 0.3) is 0 Å². The number of rotatable bonds is 6. The fourth-order valence-electron chi connectivity index (χ4n) is 3.66. The summed E-state index contributed by atoms with van der Waals surface area (Å²) in [7, 11) is 1.92. The molecule has 1 aliphatic rings. The van der Waals surface area contributed by atoms with Gasteiger partial charge in [-0.3, -0.25) is 14.5 Å². The molecule has 29 heavy (non-hydrogen) atoms. The second-order valence-electron chi connectivity index (χ2n) is 7.33. The van der Waals surface area contributed by atoms with Crippen molar-refractivity contribution in [2.45, 2.75) is 25.4 Å². The van der Waals surface area contributed by atoms with Crippen molar-refractivity contribution in [3.63, 3.8) is 0 Å². The molecule has 2 aromatic heterocycles. The Morgan fingerprint density at radius 1 is 1.21 bits per heavy atom. The highest BCUT2D eigenvalue weighted by molar-refractivity contribution is 5.76. The Kier molecular flexibility index (Phi) is 5.67. The highest BCUT2D eigenvalue weighted by atomic mass is 19.1. The lowest BCUT2D eigenvalue weighted by molar-refractivity contribution is -0.131. The van der Waals surface area contributed by atoms with Crippen LogP contribution in [-0.4, -0.2) is 51.8 Å². The van der Waals surface area contributed by atoms with Crippen LogP contribution < -0.4 is 5.32 Å². The molecule has 1 aliphatic heterocycles. The lowest BCUT2D eigenvalue weighted by Crippen LogP contribution is -2.35. The Bertz CT molecular complexity index is 971. The number of carbonyl (C=O) groups excluding carboxylic acids is 1. The van der Waals surface area contributed by atoms with E-state index < -0.39 is 0 Å². The number of halogens is 1. The Morgan fingerprint density at radius 3 is 2.66 bits per heavy atom. The molecule has 0 saturated carbocycles. The molecule has 1 amide bonds. The first-order valence-corrected chi connectivity index (χ1v) is 9.79. The van der Waals surface area contributed by atoms with Gasteiger partial charge in [-0.15, -0.1) is 0 Å². The van der Waals surface area contributed by atoms with E-state index in [1.165, 1.54) is 12.1 Å². The summed E-state index contributed by atoms with van der Waals surface area (Å²) in [4.78, 5) is 18.8. The minimum absolute atomic E-state index is 0.0625. The molecule has 0 bridgehead atoms. The summed E-state index contributed by atoms with van der Waals surface area (Å²) in [5, 5.41) is 7.93. The minimum Gasteiger partial charge on any atom is -0.339 e. The third-order valence-electron chi connectivity index (χ3n) is 5.37. The second-order valence-corrected chi connectivity index (χ2v) is 7.33. The summed E-state index contributed by atoms with van der Waals surface area (Å²) in [6.07, 6.45) is 4.99. The van der Waals surface area contributed by atoms with Gasteiger partial charge in [0.05, 0.1) is 5.69 Å². The van der Waals surface area contributed by atoms with Gasteiger partial charge in [0, 0.05) is 49.2 Å². The van der Waals surface area contributed by atoms with E-state index in [9.17, 15) is 9.18 Å². The number of amides is 1. The number of likely N-dealkylation sites (tertiary alicyclic amines) is 1. The van der Waals surface area contributed by atoms with Crippen LogP contribution in [0.4, 0.5) is 4.39 Å². The maximum atomic E-state index is 13.3. The van der Waals surface area contributed by atoms with Gasteiger partial charge in [0.2, 0.25) is 5.91 Å². The van der Waals surface area contributed by atoms with Gasteiger partial charge < -0.3 is 10.2 Å². The molecule has 6 nitrogen and oxygen atoms in total. The number of benzene rings is 1. The summed E-state index contributed by atoms with van der Waals surface area (Å²) in [6, 6.07) is 12.6. The molecule has 1 atom stereocenters. The van der Waals surface area contributed by atoms with E-state index in [4.69, 9.17) is 5.10 Å². The van der Waals surface area contributed by atoms with Crippen LogP contribution >= 0.6 is 0 Å². The Labute approximate surface area is 169 Å². The Morgan fingerprint density at radius 2 is 1.97 bits per heavy atom. The largest absolute Gasteiger partial charge is 0.339 e. The first-order valence-electron chi connectivity index (χ1n) is 9.79. The smallest absolute Gasteiger partial charge is 0.244 e. The molecule has 0 spiro atoms. The molecule has 3 aromatic rings. The maximum absolute atomic E-state index is 13.3. The zero-order valence-corrected chi connectivity index (χ0v) is 16.4. The van der Waals surface area contributed by atoms with Gasteiger partial charge in [0.1, 0.15) is 12.4 Å². The van der Waals surface area contributed by atoms with E-state index in [0.29, 0.717) is 12.5 Å². The van der Waals surface area contributed by atoms with Crippen molar-refractivity contribution in [3.8, 4) is 11.3 Å². The van der Waals surface area contributed by atoms with E-state index >= 15 is 0 Å². The molecule has 4 rings (SSSR count). The quantitative estimate of drug-likeness (QED) is 0.699. The summed E-state index contributed by atoms with van der Waals surface area (Å²) in [5.41, 5.74) is 3.63. The Balaban J connectivity index is 1.59. The molecular weight excluding hydrogens is 369 g/mol. The summed E-state index contributed by atoms with van der Waals surface area (Å²) in [5.74, 6) is -0.199. The fourth-order valence-corrected chi connectivity index (χ4v) is 3.66. The average Bonchev–Trinajstić information content (AvgIpc) is 3.38. The van der Waals surface area contributed by atoms with Crippen molar-refractivity contribution in [2.75, 3.05) is 20.1 Å². The van der Waals surface area contributed by atoms with Gasteiger partial charge in [0.15, 0.2) is 0 Å². The van der Waals surface area contributed by atoms with Gasteiger partial charge in [-0.1, -0.05) is 12.1 Å². The van der Waals surface area contributed by atoms with Crippen LogP contribution in [0.1, 0.15) is 17.7 Å². The lowest BCUT2D eigenvalue weighted by atomic mass is 10.1. The van der Waals surface area contributed by atoms with Crippen molar-refractivity contribution >= 4 is 5.91 Å². The number of nitrogens with zero attached hydrogens (tertiary/aromatic N) is 4. The van der Waals surface area contributed by atoms with Crippen LogP contribution in [0, 0.1) is 5.82 Å². The van der Waals surface area contributed by atoms with Crippen molar-refractivity contribution in [3.05, 3.63) is 71.9 Å². The molecule has 0 aliphatic carbocycles. The van der Waals surface area contributed by atoms with Crippen LogP contribution in [0.3, 0.4) is 0 Å². The highest BCUT2D eigenvalue weighted by Gasteiger charge is 2.26. The van der Waals surface area contributed by atoms with E-state index in [-0.39, 0.29) is 18.3 Å². The lowest BCUT2D eigenvalue weighted by Gasteiger charge is -2.17. The van der Waals surface area contributed by atoms with Crippen molar-refractivity contribution in [1.82, 2.24) is 25.0 Å². The van der Waals surface area contributed by atoms with Crippen LogP contribution in [0.2, 0.25) is 0 Å². The number of likely N-dealkylation sites (N-methyl/N-ethyl adjacent to an activating group) is 1. The Hall–Kier alpha value is -3.06.